The minimum absolute atomic E-state index is 0.709. The second kappa shape index (κ2) is 4.60. The molecule has 78 valence electrons. The first-order valence-corrected chi connectivity index (χ1v) is 5.64. The van der Waals surface area contributed by atoms with Gasteiger partial charge in [0.2, 0.25) is 0 Å². The van der Waals surface area contributed by atoms with Gasteiger partial charge in [0.1, 0.15) is 0 Å². The van der Waals surface area contributed by atoms with Gasteiger partial charge in [-0.2, -0.15) is 5.10 Å². The Balaban J connectivity index is 2.09. The summed E-state index contributed by atoms with van der Waals surface area (Å²) in [5.41, 5.74) is 2.83. The van der Waals surface area contributed by atoms with E-state index in [0.717, 1.165) is 19.5 Å². The highest BCUT2D eigenvalue weighted by Crippen LogP contribution is 2.26. The fourth-order valence-electron chi connectivity index (χ4n) is 2.25. The lowest BCUT2D eigenvalue weighted by atomic mass is 9.91. The molecule has 1 saturated heterocycles. The number of hydrogen-bond donors (Lipinski definition) is 2. The van der Waals surface area contributed by atoms with Gasteiger partial charge in [-0.05, 0) is 37.9 Å². The van der Waals surface area contributed by atoms with E-state index in [9.17, 15) is 0 Å². The number of hydrogen-bond acceptors (Lipinski definition) is 2. The maximum Gasteiger partial charge on any atom is 0.0522 e. The number of aryl methyl sites for hydroxylation is 1. The Morgan fingerprint density at radius 2 is 2.21 bits per heavy atom. The Labute approximate surface area is 85.3 Å². The van der Waals surface area contributed by atoms with Crippen molar-refractivity contribution in [2.75, 3.05) is 13.1 Å². The maximum atomic E-state index is 4.17. The van der Waals surface area contributed by atoms with Gasteiger partial charge in [-0.3, -0.25) is 5.10 Å². The number of nitrogens with one attached hydrogen (secondary N) is 2. The van der Waals surface area contributed by atoms with Crippen molar-refractivity contribution >= 4 is 0 Å². The van der Waals surface area contributed by atoms with Crippen molar-refractivity contribution in [2.24, 2.45) is 0 Å². The lowest BCUT2D eigenvalue weighted by Crippen LogP contribution is -2.27. The molecule has 1 fully saturated rings. The molecule has 0 spiro atoms. The molecule has 2 rings (SSSR count). The Hall–Kier alpha value is -0.830. The van der Waals surface area contributed by atoms with E-state index in [-0.39, 0.29) is 0 Å². The van der Waals surface area contributed by atoms with Crippen molar-refractivity contribution < 1.29 is 0 Å². The zero-order valence-electron chi connectivity index (χ0n) is 8.84. The predicted octanol–water partition coefficient (Wildman–Crippen LogP) is 1.83. The summed E-state index contributed by atoms with van der Waals surface area (Å²) in [6.07, 6.45) is 6.87. The molecule has 1 aliphatic rings. The molecule has 0 saturated carbocycles. The van der Waals surface area contributed by atoms with Crippen LogP contribution in [-0.4, -0.2) is 23.3 Å². The highest BCUT2D eigenvalue weighted by molar-refractivity contribution is 5.21. The Kier molecular flexibility index (Phi) is 3.19. The Morgan fingerprint density at radius 3 is 2.93 bits per heavy atom. The number of H-pyrrole nitrogens is 1. The van der Waals surface area contributed by atoms with Gasteiger partial charge < -0.3 is 5.32 Å². The van der Waals surface area contributed by atoms with Gasteiger partial charge in [-0.25, -0.2) is 0 Å². The second-order valence-corrected chi connectivity index (χ2v) is 4.08. The molecule has 2 N–H and O–H groups in total. The van der Waals surface area contributed by atoms with E-state index in [2.05, 4.69) is 22.4 Å². The average molecular weight is 193 g/mol. The van der Waals surface area contributed by atoms with Crippen molar-refractivity contribution in [1.29, 1.82) is 0 Å². The van der Waals surface area contributed by atoms with Crippen molar-refractivity contribution in [1.82, 2.24) is 15.5 Å². The third kappa shape index (κ3) is 1.98. The number of rotatable bonds is 3. The highest BCUT2D eigenvalue weighted by Gasteiger charge is 2.19. The first-order valence-electron chi connectivity index (χ1n) is 5.64. The van der Waals surface area contributed by atoms with Crippen LogP contribution in [0.25, 0.3) is 0 Å². The molecule has 1 aliphatic heterocycles. The second-order valence-electron chi connectivity index (χ2n) is 4.08. The molecule has 2 heterocycles. The van der Waals surface area contributed by atoms with Crippen LogP contribution in [0, 0.1) is 0 Å². The zero-order chi connectivity index (χ0) is 9.80. The highest BCUT2D eigenvalue weighted by atomic mass is 15.1. The topological polar surface area (TPSA) is 40.7 Å². The minimum Gasteiger partial charge on any atom is -0.317 e. The largest absolute Gasteiger partial charge is 0.317 e. The fourth-order valence-corrected chi connectivity index (χ4v) is 2.25. The summed E-state index contributed by atoms with van der Waals surface area (Å²) in [6, 6.07) is 0. The van der Waals surface area contributed by atoms with Gasteiger partial charge in [0.15, 0.2) is 0 Å². The van der Waals surface area contributed by atoms with Gasteiger partial charge in [-0.1, -0.05) is 13.3 Å². The third-order valence-corrected chi connectivity index (χ3v) is 3.02. The normalized spacial score (nSPS) is 18.6. The van der Waals surface area contributed by atoms with Crippen LogP contribution in [0.3, 0.4) is 0 Å². The molecule has 0 unspecified atom stereocenters. The predicted molar refractivity (Wildman–Crippen MR) is 57.4 cm³/mol. The van der Waals surface area contributed by atoms with Crippen LogP contribution in [-0.2, 0) is 6.42 Å². The third-order valence-electron chi connectivity index (χ3n) is 3.02. The minimum atomic E-state index is 0.709. The van der Waals surface area contributed by atoms with Gasteiger partial charge in [0.25, 0.3) is 0 Å². The number of aromatic nitrogens is 2. The smallest absolute Gasteiger partial charge is 0.0522 e. The zero-order valence-corrected chi connectivity index (χ0v) is 8.84. The molecule has 1 aromatic rings. The Bertz CT molecular complexity index is 274. The van der Waals surface area contributed by atoms with Crippen LogP contribution in [0.2, 0.25) is 0 Å². The van der Waals surface area contributed by atoms with Crippen molar-refractivity contribution in [3.63, 3.8) is 0 Å². The molecule has 0 bridgehead atoms. The first-order chi connectivity index (χ1) is 6.92. The molecular formula is C11H19N3. The van der Waals surface area contributed by atoms with Gasteiger partial charge in [-0.15, -0.1) is 0 Å². The summed E-state index contributed by atoms with van der Waals surface area (Å²) < 4.78 is 0. The lowest BCUT2D eigenvalue weighted by molar-refractivity contribution is 0.450. The summed E-state index contributed by atoms with van der Waals surface area (Å²) in [5, 5.41) is 10.7. The van der Waals surface area contributed by atoms with Crippen LogP contribution in [0.5, 0.6) is 0 Å². The van der Waals surface area contributed by atoms with E-state index in [1.54, 1.807) is 0 Å². The van der Waals surface area contributed by atoms with Crippen molar-refractivity contribution in [3.8, 4) is 0 Å². The summed E-state index contributed by atoms with van der Waals surface area (Å²) in [7, 11) is 0. The molecule has 14 heavy (non-hydrogen) atoms. The molecular weight excluding hydrogens is 174 g/mol. The summed E-state index contributed by atoms with van der Waals surface area (Å²) >= 11 is 0. The van der Waals surface area contributed by atoms with Crippen LogP contribution in [0.1, 0.15) is 43.4 Å². The molecule has 0 aliphatic carbocycles. The number of nitrogens with zero attached hydrogens (tertiary/aromatic N) is 1. The molecule has 3 nitrogen and oxygen atoms in total. The standard InChI is InChI=1S/C11H19N3/c1-2-3-10-8-13-14-11(10)9-4-6-12-7-5-9/h8-9,12H,2-7H2,1H3,(H,13,14). The Morgan fingerprint density at radius 1 is 1.43 bits per heavy atom. The maximum absolute atomic E-state index is 4.17. The van der Waals surface area contributed by atoms with Crippen LogP contribution >= 0.6 is 0 Å². The SMILES string of the molecule is CCCc1cn[nH]c1C1CCNCC1. The van der Waals surface area contributed by atoms with Crippen molar-refractivity contribution in [2.45, 2.75) is 38.5 Å². The summed E-state index contributed by atoms with van der Waals surface area (Å²) in [5.74, 6) is 0.709. The van der Waals surface area contributed by atoms with E-state index in [1.807, 2.05) is 6.20 Å². The number of aromatic amines is 1. The number of piperidine rings is 1. The monoisotopic (exact) mass is 193 g/mol. The molecule has 1 aromatic heterocycles. The van der Waals surface area contributed by atoms with E-state index in [4.69, 9.17) is 0 Å². The fraction of sp³-hybridized carbons (Fsp3) is 0.727. The summed E-state index contributed by atoms with van der Waals surface area (Å²) in [4.78, 5) is 0. The van der Waals surface area contributed by atoms with Crippen LogP contribution < -0.4 is 5.32 Å². The van der Waals surface area contributed by atoms with E-state index in [1.165, 1.54) is 30.5 Å². The van der Waals surface area contributed by atoms with E-state index >= 15 is 0 Å². The lowest BCUT2D eigenvalue weighted by Gasteiger charge is -2.22. The van der Waals surface area contributed by atoms with Crippen LogP contribution in [0.4, 0.5) is 0 Å². The summed E-state index contributed by atoms with van der Waals surface area (Å²) in [6.45, 7) is 4.52. The first kappa shape index (κ1) is 9.71. The molecule has 0 aromatic carbocycles. The van der Waals surface area contributed by atoms with Crippen LogP contribution in [0.15, 0.2) is 6.20 Å². The van der Waals surface area contributed by atoms with Crippen molar-refractivity contribution in [3.05, 3.63) is 17.5 Å². The van der Waals surface area contributed by atoms with Gasteiger partial charge in [0.05, 0.1) is 6.20 Å². The van der Waals surface area contributed by atoms with Gasteiger partial charge in [0, 0.05) is 11.6 Å². The van der Waals surface area contributed by atoms with Gasteiger partial charge >= 0.3 is 0 Å². The molecule has 0 atom stereocenters. The molecule has 0 radical (unpaired) electrons. The average Bonchev–Trinajstić information content (AvgIpc) is 2.68. The van der Waals surface area contributed by atoms with E-state index in [0.29, 0.717) is 5.92 Å². The molecule has 3 heteroatoms. The quantitative estimate of drug-likeness (QED) is 0.769. The van der Waals surface area contributed by atoms with E-state index < -0.39 is 0 Å². The molecule has 0 amide bonds.